The minimum Gasteiger partial charge on any atom is -0.497 e. The van der Waals surface area contributed by atoms with Crippen molar-refractivity contribution in [1.82, 2.24) is 9.80 Å². The van der Waals surface area contributed by atoms with Crippen molar-refractivity contribution in [3.05, 3.63) is 113 Å². The van der Waals surface area contributed by atoms with Gasteiger partial charge in [0.1, 0.15) is 31.3 Å². The molecule has 0 spiro atoms. The summed E-state index contributed by atoms with van der Waals surface area (Å²) in [7, 11) is 1.72. The first-order chi connectivity index (χ1) is 34.9. The average molecular weight is 1030 g/mol. The highest BCUT2D eigenvalue weighted by Crippen LogP contribution is 2.44. The van der Waals surface area contributed by atoms with Crippen molar-refractivity contribution < 1.29 is 52.3 Å². The van der Waals surface area contributed by atoms with Crippen molar-refractivity contribution in [2.75, 3.05) is 71.0 Å². The quantitative estimate of drug-likeness (QED) is 0.0587. The van der Waals surface area contributed by atoms with Crippen molar-refractivity contribution >= 4 is 62.3 Å². The summed E-state index contributed by atoms with van der Waals surface area (Å²) in [5.74, 6) is 0.800. The van der Waals surface area contributed by atoms with E-state index in [1.807, 2.05) is 48.5 Å². The van der Waals surface area contributed by atoms with Gasteiger partial charge in [0.15, 0.2) is 23.0 Å². The molecular formula is C55H69N5O11Si2. The number of ether oxygens (including phenoxy) is 7. The summed E-state index contributed by atoms with van der Waals surface area (Å²) in [6.07, 6.45) is 4.58. The molecule has 0 fully saturated rings. The van der Waals surface area contributed by atoms with Crippen molar-refractivity contribution in [2.45, 2.75) is 89.3 Å². The summed E-state index contributed by atoms with van der Waals surface area (Å²) >= 11 is 0. The van der Waals surface area contributed by atoms with Gasteiger partial charge in [0.05, 0.1) is 57.0 Å². The number of hydrogen-bond acceptors (Lipinski definition) is 12. The maximum absolute atomic E-state index is 14.6. The molecule has 0 aromatic heterocycles. The second kappa shape index (κ2) is 22.4. The Hall–Kier alpha value is -6.45. The first-order valence-corrected chi connectivity index (χ1v) is 32.3. The lowest BCUT2D eigenvalue weighted by Gasteiger charge is -2.27. The zero-order chi connectivity index (χ0) is 52.2. The van der Waals surface area contributed by atoms with E-state index in [4.69, 9.17) is 38.9 Å². The Balaban J connectivity index is 1.01. The molecule has 0 saturated heterocycles. The summed E-state index contributed by atoms with van der Waals surface area (Å²) in [4.78, 5) is 64.3. The van der Waals surface area contributed by atoms with Crippen LogP contribution in [0, 0.1) is 0 Å². The van der Waals surface area contributed by atoms with E-state index in [1.54, 1.807) is 53.6 Å². The first kappa shape index (κ1) is 52.9. The van der Waals surface area contributed by atoms with Crippen LogP contribution in [0.5, 0.6) is 28.7 Å². The van der Waals surface area contributed by atoms with E-state index < -0.39 is 28.2 Å². The molecule has 4 heterocycles. The number of carbonyl (C=O) groups excluding carboxylic acids is 4. The highest BCUT2D eigenvalue weighted by molar-refractivity contribution is 6.76. The number of carbonyl (C=O) groups is 4. The van der Waals surface area contributed by atoms with E-state index in [1.165, 1.54) is 24.0 Å². The van der Waals surface area contributed by atoms with Crippen LogP contribution in [0.2, 0.25) is 51.4 Å². The number of rotatable bonds is 22. The van der Waals surface area contributed by atoms with Crippen LogP contribution in [-0.4, -0.2) is 123 Å². The van der Waals surface area contributed by atoms with Crippen LogP contribution < -0.4 is 39.2 Å². The normalized spacial score (nSPS) is 17.6. The van der Waals surface area contributed by atoms with Crippen LogP contribution in [0.25, 0.3) is 11.1 Å². The minimum absolute atomic E-state index is 0.0456. The fraction of sp³-hybridized carbons (Fsp3) is 0.418. The molecule has 16 nitrogen and oxygen atoms in total. The van der Waals surface area contributed by atoms with Crippen molar-refractivity contribution in [3.63, 3.8) is 0 Å². The zero-order valence-electron chi connectivity index (χ0n) is 43.6. The summed E-state index contributed by atoms with van der Waals surface area (Å²) in [5.41, 5.74) is 11.7. The third kappa shape index (κ3) is 11.8. The Morgan fingerprint density at radius 2 is 0.973 bits per heavy atom. The van der Waals surface area contributed by atoms with Crippen LogP contribution >= 0.6 is 0 Å². The van der Waals surface area contributed by atoms with E-state index in [-0.39, 0.29) is 61.4 Å². The molecule has 0 unspecified atom stereocenters. The molecule has 0 bridgehead atoms. The topological polar surface area (TPSA) is 172 Å². The Labute approximate surface area is 430 Å². The largest absolute Gasteiger partial charge is 0.497 e. The van der Waals surface area contributed by atoms with Crippen LogP contribution in [0.1, 0.15) is 56.7 Å². The van der Waals surface area contributed by atoms with Gasteiger partial charge >= 0.3 is 0 Å². The number of methoxy groups -OCH3 is 3. The molecule has 4 aromatic rings. The second-order valence-electron chi connectivity index (χ2n) is 21.1. The lowest BCUT2D eigenvalue weighted by Crippen LogP contribution is -2.45. The Morgan fingerprint density at radius 1 is 0.548 bits per heavy atom. The van der Waals surface area contributed by atoms with Crippen molar-refractivity contribution in [3.8, 4) is 28.7 Å². The third-order valence-electron chi connectivity index (χ3n) is 13.5. The number of nitrogens with zero attached hydrogens (tertiary/aromatic N) is 4. The molecule has 388 valence electrons. The van der Waals surface area contributed by atoms with Gasteiger partial charge in [0.25, 0.3) is 23.6 Å². The Bertz CT molecular complexity index is 2580. The minimum atomic E-state index is -1.45. The van der Waals surface area contributed by atoms with Gasteiger partial charge in [-0.05, 0) is 64.2 Å². The summed E-state index contributed by atoms with van der Waals surface area (Å²) in [6.45, 7) is 15.2. The van der Waals surface area contributed by atoms with E-state index in [0.29, 0.717) is 79.1 Å². The molecule has 0 radical (unpaired) electrons. The molecule has 73 heavy (non-hydrogen) atoms. The molecule has 4 aliphatic rings. The predicted molar refractivity (Wildman–Crippen MR) is 287 cm³/mol. The molecular weight excluding hydrogens is 963 g/mol. The lowest BCUT2D eigenvalue weighted by atomic mass is 10.0. The highest BCUT2D eigenvalue weighted by atomic mass is 28.3. The maximum atomic E-state index is 14.6. The smallest absolute Gasteiger partial charge is 0.260 e. The van der Waals surface area contributed by atoms with Crippen LogP contribution in [0.4, 0.5) is 11.4 Å². The second-order valence-corrected chi connectivity index (χ2v) is 32.4. The average Bonchev–Trinajstić information content (AvgIpc) is 4.01. The van der Waals surface area contributed by atoms with E-state index in [2.05, 4.69) is 39.3 Å². The molecule has 8 rings (SSSR count). The SMILES string of the molecule is COc1ccc(C2=CN3C(=O)c4cc(OC)c(OCCCOc5cc6c(cc5OC)C(=O)N5C=C(c7ccc(CN)cc7)C[C@H]5C(=O)N6COCC[Si](C)(C)C)cc4N(COCC[Si](C)(C)C)C(=O)[C@@H]3C2)cc1. The monoisotopic (exact) mass is 1030 g/mol. The van der Waals surface area contributed by atoms with E-state index in [0.717, 1.165) is 39.9 Å². The van der Waals surface area contributed by atoms with Gasteiger partial charge in [0.2, 0.25) is 0 Å². The van der Waals surface area contributed by atoms with Gasteiger partial charge in [-0.3, -0.25) is 29.0 Å². The number of benzene rings is 4. The zero-order valence-corrected chi connectivity index (χ0v) is 45.6. The van der Waals surface area contributed by atoms with Crippen LogP contribution in [0.3, 0.4) is 0 Å². The van der Waals surface area contributed by atoms with Gasteiger partial charge < -0.3 is 48.7 Å². The van der Waals surface area contributed by atoms with Gasteiger partial charge in [-0.2, -0.15) is 0 Å². The van der Waals surface area contributed by atoms with Crippen molar-refractivity contribution in [1.29, 1.82) is 0 Å². The lowest BCUT2D eigenvalue weighted by molar-refractivity contribution is -0.123. The molecule has 0 saturated carbocycles. The van der Waals surface area contributed by atoms with Gasteiger partial charge in [-0.1, -0.05) is 75.7 Å². The standard InChI is InChI=1S/C55H69N5O11Si2/c1-65-41-17-15-38(16-18-41)40-26-47-55(64)60(35-69-22-24-73(7,8)9)45-30-51(49(67-3)28-43(45)53(62)58(47)33-40)71-20-10-19-70-50-29-44-42(27-48(50)66-2)52(61)57-32-39(37-13-11-36(31-56)12-14-37)25-46(57)54(63)59(44)34-68-21-23-72(4,5)6/h11-18,27-30,32-33,46-47H,10,19-26,31,34-35,56H2,1-9H3/t46-,47-/m0/s1. The summed E-state index contributed by atoms with van der Waals surface area (Å²) < 4.78 is 42.0. The fourth-order valence-corrected chi connectivity index (χ4v) is 10.7. The van der Waals surface area contributed by atoms with E-state index >= 15 is 0 Å². The summed E-state index contributed by atoms with van der Waals surface area (Å²) in [5, 5.41) is 0. The number of amides is 4. The maximum Gasteiger partial charge on any atom is 0.260 e. The van der Waals surface area contributed by atoms with Gasteiger partial charge in [-0.25, -0.2) is 0 Å². The van der Waals surface area contributed by atoms with Crippen LogP contribution in [0.15, 0.2) is 85.2 Å². The molecule has 18 heteroatoms. The molecule has 4 aromatic carbocycles. The number of hydrogen-bond donors (Lipinski definition) is 1. The van der Waals surface area contributed by atoms with E-state index in [9.17, 15) is 19.2 Å². The number of anilines is 2. The first-order valence-electron chi connectivity index (χ1n) is 24.9. The number of fused-ring (bicyclic) bond motifs is 4. The van der Waals surface area contributed by atoms with Gasteiger partial charge in [0, 0.05) is 79.7 Å². The fourth-order valence-electron chi connectivity index (χ4n) is 9.16. The number of nitrogens with two attached hydrogens (primary N) is 1. The van der Waals surface area contributed by atoms with Crippen molar-refractivity contribution in [2.24, 2.45) is 5.73 Å². The van der Waals surface area contributed by atoms with Crippen LogP contribution in [-0.2, 0) is 25.6 Å². The Kier molecular flexibility index (Phi) is 16.2. The highest BCUT2D eigenvalue weighted by Gasteiger charge is 2.45. The molecule has 0 aliphatic carbocycles. The predicted octanol–water partition coefficient (Wildman–Crippen LogP) is 8.85. The Morgan fingerprint density at radius 3 is 1.36 bits per heavy atom. The molecule has 4 aliphatic heterocycles. The molecule has 2 N–H and O–H groups in total. The summed E-state index contributed by atoms with van der Waals surface area (Å²) in [6, 6.07) is 22.2. The third-order valence-corrected chi connectivity index (χ3v) is 16.9. The molecule has 4 amide bonds. The molecule has 2 atom stereocenters. The van der Waals surface area contributed by atoms with Gasteiger partial charge in [-0.15, -0.1) is 0 Å².